The van der Waals surface area contributed by atoms with Crippen LogP contribution in [0, 0.1) is 0 Å². The molecule has 110 valence electrons. The summed E-state index contributed by atoms with van der Waals surface area (Å²) >= 11 is 1.71. The Bertz CT molecular complexity index is 459. The second kappa shape index (κ2) is 6.27. The van der Waals surface area contributed by atoms with Crippen molar-refractivity contribution < 1.29 is 4.79 Å². The Morgan fingerprint density at radius 2 is 2.25 bits per heavy atom. The van der Waals surface area contributed by atoms with Crippen LogP contribution in [0.3, 0.4) is 0 Å². The number of likely N-dealkylation sites (N-methyl/N-ethyl adjacent to an activating group) is 1. The first-order chi connectivity index (χ1) is 9.78. The first-order valence-corrected chi connectivity index (χ1v) is 8.73. The van der Waals surface area contributed by atoms with Gasteiger partial charge < -0.3 is 5.32 Å². The second-order valence-corrected chi connectivity index (χ2v) is 7.04. The number of aryl methyl sites for hydroxylation is 2. The maximum atomic E-state index is 12.3. The van der Waals surface area contributed by atoms with Gasteiger partial charge in [-0.1, -0.05) is 6.92 Å². The van der Waals surface area contributed by atoms with Crippen molar-refractivity contribution in [2.75, 3.05) is 19.6 Å². The average Bonchev–Trinajstić information content (AvgIpc) is 3.10. The Labute approximate surface area is 125 Å². The summed E-state index contributed by atoms with van der Waals surface area (Å²) in [6.07, 6.45) is 7.36. The molecule has 1 fully saturated rings. The number of nitrogens with one attached hydrogen (secondary N) is 1. The largest absolute Gasteiger partial charge is 0.350 e. The predicted molar refractivity (Wildman–Crippen MR) is 83.6 cm³/mol. The SMILES string of the molecule is CCN1CCCC1CNC(=O)c1cc2c(s1)CCCC2. The summed E-state index contributed by atoms with van der Waals surface area (Å²) < 4.78 is 0. The summed E-state index contributed by atoms with van der Waals surface area (Å²) in [5.74, 6) is 0.132. The molecule has 1 aliphatic heterocycles. The Balaban J connectivity index is 1.57. The molecule has 1 aliphatic carbocycles. The minimum Gasteiger partial charge on any atom is -0.350 e. The predicted octanol–water partition coefficient (Wildman–Crippen LogP) is 2.84. The van der Waals surface area contributed by atoms with E-state index in [0.717, 1.165) is 24.4 Å². The van der Waals surface area contributed by atoms with Gasteiger partial charge in [0.05, 0.1) is 4.88 Å². The lowest BCUT2D eigenvalue weighted by Crippen LogP contribution is -2.39. The van der Waals surface area contributed by atoms with Gasteiger partial charge in [-0.2, -0.15) is 0 Å². The maximum Gasteiger partial charge on any atom is 0.261 e. The summed E-state index contributed by atoms with van der Waals surface area (Å²) in [4.78, 5) is 17.1. The van der Waals surface area contributed by atoms with Crippen LogP contribution >= 0.6 is 11.3 Å². The van der Waals surface area contributed by atoms with E-state index in [1.807, 2.05) is 0 Å². The van der Waals surface area contributed by atoms with Crippen LogP contribution in [0.15, 0.2) is 6.07 Å². The minimum atomic E-state index is 0.132. The molecule has 0 spiro atoms. The number of hydrogen-bond donors (Lipinski definition) is 1. The van der Waals surface area contributed by atoms with Crippen LogP contribution in [0.4, 0.5) is 0 Å². The van der Waals surface area contributed by atoms with E-state index < -0.39 is 0 Å². The molecule has 1 saturated heterocycles. The van der Waals surface area contributed by atoms with Crippen molar-refractivity contribution >= 4 is 17.2 Å². The number of carbonyl (C=O) groups excluding carboxylic acids is 1. The van der Waals surface area contributed by atoms with Crippen LogP contribution in [-0.2, 0) is 12.8 Å². The van der Waals surface area contributed by atoms with E-state index in [-0.39, 0.29) is 5.91 Å². The molecule has 0 saturated carbocycles. The Morgan fingerprint density at radius 3 is 3.05 bits per heavy atom. The number of likely N-dealkylation sites (tertiary alicyclic amines) is 1. The summed E-state index contributed by atoms with van der Waals surface area (Å²) in [5.41, 5.74) is 1.42. The quantitative estimate of drug-likeness (QED) is 0.925. The summed E-state index contributed by atoms with van der Waals surface area (Å²) in [6, 6.07) is 2.67. The highest BCUT2D eigenvalue weighted by molar-refractivity contribution is 7.14. The standard InChI is InChI=1S/C16H24N2OS/c1-2-18-9-5-7-13(18)11-17-16(19)15-10-12-6-3-4-8-14(12)20-15/h10,13H,2-9,11H2,1H3,(H,17,19). The van der Waals surface area contributed by atoms with Crippen molar-refractivity contribution in [1.29, 1.82) is 0 Å². The number of carbonyl (C=O) groups is 1. The monoisotopic (exact) mass is 292 g/mol. The summed E-state index contributed by atoms with van der Waals surface area (Å²) in [6.45, 7) is 5.28. The Kier molecular flexibility index (Phi) is 4.41. The van der Waals surface area contributed by atoms with Crippen LogP contribution in [0.2, 0.25) is 0 Å². The number of hydrogen-bond acceptors (Lipinski definition) is 3. The van der Waals surface area contributed by atoms with Crippen LogP contribution in [0.5, 0.6) is 0 Å². The highest BCUT2D eigenvalue weighted by atomic mass is 32.1. The normalized spacial score (nSPS) is 22.8. The highest BCUT2D eigenvalue weighted by Crippen LogP contribution is 2.29. The molecular weight excluding hydrogens is 268 g/mol. The fourth-order valence-corrected chi connectivity index (χ4v) is 4.61. The van der Waals surface area contributed by atoms with Crippen molar-refractivity contribution in [3.8, 4) is 0 Å². The molecule has 1 amide bonds. The zero-order chi connectivity index (χ0) is 13.9. The number of rotatable bonds is 4. The summed E-state index contributed by atoms with van der Waals surface area (Å²) in [7, 11) is 0. The molecule has 1 aromatic heterocycles. The van der Waals surface area contributed by atoms with E-state index in [1.54, 1.807) is 11.3 Å². The Hall–Kier alpha value is -0.870. The van der Waals surface area contributed by atoms with Crippen molar-refractivity contribution in [3.05, 3.63) is 21.4 Å². The minimum absolute atomic E-state index is 0.132. The first-order valence-electron chi connectivity index (χ1n) is 7.91. The average molecular weight is 292 g/mol. The van der Waals surface area contributed by atoms with Crippen molar-refractivity contribution in [2.45, 2.75) is 51.5 Å². The lowest BCUT2D eigenvalue weighted by molar-refractivity contribution is 0.0945. The molecule has 0 aromatic carbocycles. The van der Waals surface area contributed by atoms with Crippen molar-refractivity contribution in [1.82, 2.24) is 10.2 Å². The van der Waals surface area contributed by atoms with Crippen molar-refractivity contribution in [2.24, 2.45) is 0 Å². The number of thiophene rings is 1. The van der Waals surface area contributed by atoms with Gasteiger partial charge in [-0.3, -0.25) is 9.69 Å². The van der Waals surface area contributed by atoms with Gasteiger partial charge in [0.15, 0.2) is 0 Å². The molecule has 20 heavy (non-hydrogen) atoms. The fraction of sp³-hybridized carbons (Fsp3) is 0.688. The molecule has 0 radical (unpaired) electrons. The number of amides is 1. The van der Waals surface area contributed by atoms with Gasteiger partial charge in [-0.25, -0.2) is 0 Å². The van der Waals surface area contributed by atoms with E-state index in [0.29, 0.717) is 6.04 Å². The molecule has 1 aromatic rings. The highest BCUT2D eigenvalue weighted by Gasteiger charge is 2.24. The van der Waals surface area contributed by atoms with Gasteiger partial charge in [0.2, 0.25) is 0 Å². The zero-order valence-electron chi connectivity index (χ0n) is 12.3. The molecule has 0 bridgehead atoms. The second-order valence-electron chi connectivity index (χ2n) is 5.90. The van der Waals surface area contributed by atoms with Crippen LogP contribution in [0.25, 0.3) is 0 Å². The molecule has 3 nitrogen and oxygen atoms in total. The molecular formula is C16H24N2OS. The molecule has 4 heteroatoms. The molecule has 3 rings (SSSR count). The molecule has 1 N–H and O–H groups in total. The molecule has 1 atom stereocenters. The van der Waals surface area contributed by atoms with E-state index in [9.17, 15) is 4.79 Å². The van der Waals surface area contributed by atoms with E-state index in [2.05, 4.69) is 23.2 Å². The zero-order valence-corrected chi connectivity index (χ0v) is 13.1. The van der Waals surface area contributed by atoms with E-state index >= 15 is 0 Å². The molecule has 2 heterocycles. The lowest BCUT2D eigenvalue weighted by Gasteiger charge is -2.22. The first kappa shape index (κ1) is 14.1. The lowest BCUT2D eigenvalue weighted by atomic mass is 9.99. The third-order valence-corrected chi connectivity index (χ3v) is 5.86. The van der Waals surface area contributed by atoms with Gasteiger partial charge >= 0.3 is 0 Å². The van der Waals surface area contributed by atoms with Crippen LogP contribution < -0.4 is 5.32 Å². The number of fused-ring (bicyclic) bond motifs is 1. The Morgan fingerprint density at radius 1 is 1.40 bits per heavy atom. The van der Waals surface area contributed by atoms with Gasteiger partial charge in [-0.05, 0) is 63.2 Å². The van der Waals surface area contributed by atoms with Gasteiger partial charge in [-0.15, -0.1) is 11.3 Å². The maximum absolute atomic E-state index is 12.3. The van der Waals surface area contributed by atoms with Crippen LogP contribution in [0.1, 0.15) is 52.7 Å². The number of nitrogens with zero attached hydrogens (tertiary/aromatic N) is 1. The third kappa shape index (κ3) is 2.91. The van der Waals surface area contributed by atoms with Crippen LogP contribution in [-0.4, -0.2) is 36.5 Å². The van der Waals surface area contributed by atoms with E-state index in [4.69, 9.17) is 0 Å². The van der Waals surface area contributed by atoms with Gasteiger partial charge in [0, 0.05) is 17.5 Å². The fourth-order valence-electron chi connectivity index (χ4n) is 3.44. The molecule has 1 unspecified atom stereocenters. The van der Waals surface area contributed by atoms with Crippen molar-refractivity contribution in [3.63, 3.8) is 0 Å². The summed E-state index contributed by atoms with van der Waals surface area (Å²) in [5, 5.41) is 3.14. The third-order valence-electron chi connectivity index (χ3n) is 4.62. The van der Waals surface area contributed by atoms with E-state index in [1.165, 1.54) is 49.1 Å². The topological polar surface area (TPSA) is 32.3 Å². The smallest absolute Gasteiger partial charge is 0.261 e. The molecule has 2 aliphatic rings. The van der Waals surface area contributed by atoms with Gasteiger partial charge in [0.25, 0.3) is 5.91 Å². The van der Waals surface area contributed by atoms with Gasteiger partial charge in [0.1, 0.15) is 0 Å².